The maximum atomic E-state index is 12.5. The molecule has 1 atom stereocenters. The monoisotopic (exact) mass is 319 g/mol. The highest BCUT2D eigenvalue weighted by molar-refractivity contribution is 5.87. The normalized spacial score (nSPS) is 16.1. The van der Waals surface area contributed by atoms with E-state index in [0.717, 1.165) is 36.9 Å². The molecule has 0 radical (unpaired) electrons. The number of carbonyl (C=O) groups excluding carboxylic acids is 2. The Morgan fingerprint density at radius 2 is 1.96 bits per heavy atom. The van der Waals surface area contributed by atoms with Crippen molar-refractivity contribution in [2.45, 2.75) is 59.0 Å². The van der Waals surface area contributed by atoms with E-state index in [0.29, 0.717) is 5.56 Å². The van der Waals surface area contributed by atoms with Crippen LogP contribution in [0.1, 0.15) is 49.4 Å². The highest BCUT2D eigenvalue weighted by atomic mass is 16.2. The average Bonchev–Trinajstić information content (AvgIpc) is 2.97. The number of aromatic nitrogens is 1. The average molecular weight is 319 g/mol. The second-order valence-electron chi connectivity index (χ2n) is 6.38. The van der Waals surface area contributed by atoms with E-state index in [1.54, 1.807) is 0 Å². The van der Waals surface area contributed by atoms with Crippen molar-refractivity contribution in [3.05, 3.63) is 33.2 Å². The third-order valence-electron chi connectivity index (χ3n) is 4.45. The van der Waals surface area contributed by atoms with Gasteiger partial charge >= 0.3 is 0 Å². The minimum Gasteiger partial charge on any atom is -0.350 e. The van der Waals surface area contributed by atoms with Crippen molar-refractivity contribution >= 4 is 11.8 Å². The van der Waals surface area contributed by atoms with Gasteiger partial charge in [0, 0.05) is 24.7 Å². The lowest BCUT2D eigenvalue weighted by atomic mass is 9.97. The lowest BCUT2D eigenvalue weighted by Gasteiger charge is -2.23. The number of aryl methyl sites for hydroxylation is 2. The van der Waals surface area contributed by atoms with Gasteiger partial charge < -0.3 is 15.6 Å². The van der Waals surface area contributed by atoms with E-state index in [2.05, 4.69) is 15.6 Å². The van der Waals surface area contributed by atoms with Gasteiger partial charge in [-0.15, -0.1) is 0 Å². The van der Waals surface area contributed by atoms with Crippen LogP contribution in [0.15, 0.2) is 10.9 Å². The molecule has 0 aliphatic heterocycles. The molecule has 3 N–H and O–H groups in total. The molecule has 0 saturated heterocycles. The predicted molar refractivity (Wildman–Crippen MR) is 87.9 cm³/mol. The van der Waals surface area contributed by atoms with E-state index >= 15 is 0 Å². The molecule has 23 heavy (non-hydrogen) atoms. The summed E-state index contributed by atoms with van der Waals surface area (Å²) in [6.07, 6.45) is 4.07. The standard InChI is InChI=1S/C17H25N3O3/c1-10-8-11(2)19-16(22)14(10)9-18-17(23)15(20-12(3)21)13-6-4-5-7-13/h8,13,15H,4-7,9H2,1-3H3,(H,18,23)(H,19,22)(H,20,21). The van der Waals surface area contributed by atoms with Gasteiger partial charge in [-0.1, -0.05) is 12.8 Å². The van der Waals surface area contributed by atoms with Crippen molar-refractivity contribution < 1.29 is 9.59 Å². The molecule has 1 saturated carbocycles. The van der Waals surface area contributed by atoms with Crippen LogP contribution in [-0.4, -0.2) is 22.8 Å². The van der Waals surface area contributed by atoms with E-state index in [1.165, 1.54) is 6.92 Å². The molecular formula is C17H25N3O3. The molecule has 1 aromatic rings. The van der Waals surface area contributed by atoms with E-state index in [1.807, 2.05) is 19.9 Å². The van der Waals surface area contributed by atoms with Crippen molar-refractivity contribution in [2.24, 2.45) is 5.92 Å². The van der Waals surface area contributed by atoms with E-state index in [4.69, 9.17) is 0 Å². The molecule has 1 fully saturated rings. The first-order valence-electron chi connectivity index (χ1n) is 8.12. The smallest absolute Gasteiger partial charge is 0.253 e. The summed E-state index contributed by atoms with van der Waals surface area (Å²) in [6.45, 7) is 5.27. The second-order valence-corrected chi connectivity index (χ2v) is 6.38. The van der Waals surface area contributed by atoms with Crippen LogP contribution >= 0.6 is 0 Å². The molecule has 0 spiro atoms. The molecule has 2 rings (SSSR count). The molecule has 1 aromatic heterocycles. The first kappa shape index (κ1) is 17.2. The minimum absolute atomic E-state index is 0.170. The highest BCUT2D eigenvalue weighted by Crippen LogP contribution is 2.27. The Morgan fingerprint density at radius 1 is 1.30 bits per heavy atom. The lowest BCUT2D eigenvalue weighted by molar-refractivity contribution is -0.129. The molecule has 0 aromatic carbocycles. The maximum absolute atomic E-state index is 12.5. The molecule has 6 heteroatoms. The molecular weight excluding hydrogens is 294 g/mol. The van der Waals surface area contributed by atoms with E-state index in [-0.39, 0.29) is 29.8 Å². The Labute approximate surface area is 136 Å². The molecule has 1 aliphatic rings. The molecule has 1 aliphatic carbocycles. The molecule has 1 unspecified atom stereocenters. The van der Waals surface area contributed by atoms with Gasteiger partial charge in [0.1, 0.15) is 6.04 Å². The summed E-state index contributed by atoms with van der Waals surface area (Å²) in [5.41, 5.74) is 2.02. The summed E-state index contributed by atoms with van der Waals surface area (Å²) in [5, 5.41) is 5.57. The van der Waals surface area contributed by atoms with Crippen LogP contribution in [0.5, 0.6) is 0 Å². The predicted octanol–water partition coefficient (Wildman–Crippen LogP) is 1.30. The number of carbonyl (C=O) groups is 2. The summed E-state index contributed by atoms with van der Waals surface area (Å²) in [5.74, 6) is -0.246. The van der Waals surface area contributed by atoms with Crippen LogP contribution < -0.4 is 16.2 Å². The zero-order chi connectivity index (χ0) is 17.0. The SMILES string of the molecule is CC(=O)NC(C(=O)NCc1c(C)cc(C)[nH]c1=O)C1CCCC1. The summed E-state index contributed by atoms with van der Waals surface area (Å²) in [4.78, 5) is 38.6. The maximum Gasteiger partial charge on any atom is 0.253 e. The molecule has 0 bridgehead atoms. The van der Waals surface area contributed by atoms with Crippen LogP contribution in [0, 0.1) is 19.8 Å². The van der Waals surface area contributed by atoms with Gasteiger partial charge in [-0.2, -0.15) is 0 Å². The van der Waals surface area contributed by atoms with E-state index < -0.39 is 6.04 Å². The number of hydrogen-bond donors (Lipinski definition) is 3. The largest absolute Gasteiger partial charge is 0.350 e. The summed E-state index contributed by atoms with van der Waals surface area (Å²) in [7, 11) is 0. The number of nitrogens with one attached hydrogen (secondary N) is 3. The van der Waals surface area contributed by atoms with Gasteiger partial charge in [0.05, 0.1) is 0 Å². The molecule has 2 amide bonds. The summed E-state index contributed by atoms with van der Waals surface area (Å²) < 4.78 is 0. The first-order chi connectivity index (χ1) is 10.9. The highest BCUT2D eigenvalue weighted by Gasteiger charge is 2.31. The van der Waals surface area contributed by atoms with Crippen LogP contribution in [0.3, 0.4) is 0 Å². The molecule has 6 nitrogen and oxygen atoms in total. The zero-order valence-corrected chi connectivity index (χ0v) is 14.0. The van der Waals surface area contributed by atoms with Crippen molar-refractivity contribution in [1.82, 2.24) is 15.6 Å². The van der Waals surface area contributed by atoms with Gasteiger partial charge in [-0.3, -0.25) is 14.4 Å². The summed E-state index contributed by atoms with van der Waals surface area (Å²) >= 11 is 0. The number of amides is 2. The number of aromatic amines is 1. The fraction of sp³-hybridized carbons (Fsp3) is 0.588. The van der Waals surface area contributed by atoms with Gasteiger partial charge in [-0.25, -0.2) is 0 Å². The van der Waals surface area contributed by atoms with Crippen molar-refractivity contribution in [3.8, 4) is 0 Å². The Morgan fingerprint density at radius 3 is 2.52 bits per heavy atom. The third-order valence-corrected chi connectivity index (χ3v) is 4.45. The van der Waals surface area contributed by atoms with Gasteiger partial charge in [0.15, 0.2) is 0 Å². The van der Waals surface area contributed by atoms with Crippen LogP contribution in [0.25, 0.3) is 0 Å². The van der Waals surface area contributed by atoms with Crippen LogP contribution in [-0.2, 0) is 16.1 Å². The van der Waals surface area contributed by atoms with Crippen molar-refractivity contribution in [1.29, 1.82) is 0 Å². The fourth-order valence-electron chi connectivity index (χ4n) is 3.29. The third kappa shape index (κ3) is 4.43. The number of H-pyrrole nitrogens is 1. The van der Waals surface area contributed by atoms with Crippen molar-refractivity contribution in [3.63, 3.8) is 0 Å². The van der Waals surface area contributed by atoms with E-state index in [9.17, 15) is 14.4 Å². The second kappa shape index (κ2) is 7.44. The number of hydrogen-bond acceptors (Lipinski definition) is 3. The van der Waals surface area contributed by atoms with Gasteiger partial charge in [0.25, 0.3) is 5.56 Å². The van der Waals surface area contributed by atoms with Crippen LogP contribution in [0.4, 0.5) is 0 Å². The summed E-state index contributed by atoms with van der Waals surface area (Å²) in [6, 6.07) is 1.37. The number of pyridine rings is 1. The Hall–Kier alpha value is -2.11. The fourth-order valence-corrected chi connectivity index (χ4v) is 3.29. The van der Waals surface area contributed by atoms with Crippen molar-refractivity contribution in [2.75, 3.05) is 0 Å². The first-order valence-corrected chi connectivity index (χ1v) is 8.12. The topological polar surface area (TPSA) is 91.1 Å². The molecule has 126 valence electrons. The Bertz CT molecular complexity index is 645. The zero-order valence-electron chi connectivity index (χ0n) is 14.0. The van der Waals surface area contributed by atoms with Gasteiger partial charge in [-0.05, 0) is 44.2 Å². The van der Waals surface area contributed by atoms with Crippen LogP contribution in [0.2, 0.25) is 0 Å². The molecule has 1 heterocycles. The minimum atomic E-state index is -0.514. The number of rotatable bonds is 5. The van der Waals surface area contributed by atoms with Gasteiger partial charge in [0.2, 0.25) is 11.8 Å². The Balaban J connectivity index is 2.07. The lowest BCUT2D eigenvalue weighted by Crippen LogP contribution is -2.50. The Kier molecular flexibility index (Phi) is 5.58. The quantitative estimate of drug-likeness (QED) is 0.764.